The lowest BCUT2D eigenvalue weighted by Gasteiger charge is -2.05. The lowest BCUT2D eigenvalue weighted by molar-refractivity contribution is -0.110. The lowest BCUT2D eigenvalue weighted by atomic mass is 10.1. The zero-order valence-electron chi connectivity index (χ0n) is 12.8. The molecule has 0 bridgehead atoms. The average Bonchev–Trinajstić information content (AvgIpc) is 2.99. The van der Waals surface area contributed by atoms with Crippen molar-refractivity contribution in [1.29, 1.82) is 0 Å². The van der Waals surface area contributed by atoms with Crippen molar-refractivity contribution in [3.05, 3.63) is 30.5 Å². The fourth-order valence-corrected chi connectivity index (χ4v) is 2.93. The van der Waals surface area contributed by atoms with Crippen molar-refractivity contribution in [2.45, 2.75) is 36.7 Å². The molecule has 0 aliphatic carbocycles. The first-order valence-electron chi connectivity index (χ1n) is 7.25. The SMILES string of the molecule is N[C@H](CCCCn1cc(-c2ccc(S(N)(=O)=O)cc2)nn1)C(=O)I. The van der Waals surface area contributed by atoms with Crippen molar-refractivity contribution in [3.8, 4) is 11.3 Å². The van der Waals surface area contributed by atoms with Crippen LogP contribution in [-0.4, -0.2) is 33.2 Å². The van der Waals surface area contributed by atoms with E-state index in [-0.39, 0.29) is 8.69 Å². The second-order valence-corrected chi connectivity index (χ2v) is 7.97. The molecule has 0 amide bonds. The number of carbonyl (C=O) groups is 1. The van der Waals surface area contributed by atoms with Gasteiger partial charge >= 0.3 is 0 Å². The molecule has 0 aliphatic heterocycles. The molecule has 2 aromatic rings. The highest BCUT2D eigenvalue weighted by Crippen LogP contribution is 2.18. The molecule has 24 heavy (non-hydrogen) atoms. The van der Waals surface area contributed by atoms with Crippen LogP contribution in [0.1, 0.15) is 19.3 Å². The van der Waals surface area contributed by atoms with Crippen LogP contribution in [0.25, 0.3) is 11.3 Å². The van der Waals surface area contributed by atoms with Gasteiger partial charge in [0, 0.05) is 34.7 Å². The number of halogens is 1. The molecular weight excluding hydrogens is 445 g/mol. The topological polar surface area (TPSA) is 134 Å². The molecule has 8 nitrogen and oxygen atoms in total. The number of nitrogens with zero attached hydrogens (tertiary/aromatic N) is 3. The predicted molar refractivity (Wildman–Crippen MR) is 97.7 cm³/mol. The van der Waals surface area contributed by atoms with E-state index < -0.39 is 16.1 Å². The Morgan fingerprint density at radius 1 is 1.25 bits per heavy atom. The van der Waals surface area contributed by atoms with Gasteiger partial charge in [0.2, 0.25) is 13.8 Å². The lowest BCUT2D eigenvalue weighted by Crippen LogP contribution is -2.26. The van der Waals surface area contributed by atoms with E-state index >= 15 is 0 Å². The monoisotopic (exact) mass is 463 g/mol. The molecule has 1 aromatic carbocycles. The third-order valence-electron chi connectivity index (χ3n) is 3.46. The molecule has 2 rings (SSSR count). The molecule has 0 unspecified atom stereocenters. The Balaban J connectivity index is 1.92. The summed E-state index contributed by atoms with van der Waals surface area (Å²) >= 11 is 1.71. The van der Waals surface area contributed by atoms with Crippen LogP contribution in [0.3, 0.4) is 0 Å². The van der Waals surface area contributed by atoms with Gasteiger partial charge in [-0.1, -0.05) is 17.3 Å². The molecule has 0 aliphatic rings. The number of aromatic nitrogens is 3. The quantitative estimate of drug-likeness (QED) is 0.342. The highest BCUT2D eigenvalue weighted by atomic mass is 127. The Morgan fingerprint density at radius 2 is 1.92 bits per heavy atom. The normalized spacial score (nSPS) is 13.0. The first-order valence-corrected chi connectivity index (χ1v) is 9.88. The summed E-state index contributed by atoms with van der Waals surface area (Å²) in [4.78, 5) is 11.1. The Bertz CT molecular complexity index is 804. The number of aryl methyl sites for hydroxylation is 1. The van der Waals surface area contributed by atoms with E-state index in [1.807, 2.05) is 0 Å². The predicted octanol–water partition coefficient (Wildman–Crippen LogP) is 1.05. The number of unbranched alkanes of at least 4 members (excludes halogenated alkanes) is 1. The van der Waals surface area contributed by atoms with E-state index in [4.69, 9.17) is 10.9 Å². The number of sulfonamides is 1. The van der Waals surface area contributed by atoms with Gasteiger partial charge in [-0.15, -0.1) is 5.10 Å². The minimum Gasteiger partial charge on any atom is -0.321 e. The third kappa shape index (κ3) is 5.33. The maximum atomic E-state index is 11.2. The summed E-state index contributed by atoms with van der Waals surface area (Å²) in [5, 5.41) is 13.2. The number of benzene rings is 1. The standard InChI is InChI=1S/C14H18IN5O3S/c15-14(21)12(16)3-1-2-8-20-9-13(18-19-20)10-4-6-11(7-5-10)24(17,22)23/h4-7,9,12H,1-3,8,16H2,(H2,17,22,23)/t12-/m1/s1. The van der Waals surface area contributed by atoms with Gasteiger partial charge in [0.05, 0.1) is 17.1 Å². The third-order valence-corrected chi connectivity index (χ3v) is 5.19. The summed E-state index contributed by atoms with van der Waals surface area (Å²) in [5.74, 6) is 0. The highest BCUT2D eigenvalue weighted by molar-refractivity contribution is 14.1. The van der Waals surface area contributed by atoms with E-state index in [0.29, 0.717) is 18.7 Å². The summed E-state index contributed by atoms with van der Waals surface area (Å²) < 4.78 is 24.2. The van der Waals surface area contributed by atoms with Crippen LogP contribution in [0.5, 0.6) is 0 Å². The molecule has 0 saturated carbocycles. The zero-order chi connectivity index (χ0) is 17.7. The van der Waals surface area contributed by atoms with Gasteiger partial charge < -0.3 is 5.73 Å². The van der Waals surface area contributed by atoms with Gasteiger partial charge in [0.1, 0.15) is 5.69 Å². The molecule has 130 valence electrons. The summed E-state index contributed by atoms with van der Waals surface area (Å²) in [6.45, 7) is 0.671. The van der Waals surface area contributed by atoms with Crippen molar-refractivity contribution >= 4 is 36.4 Å². The van der Waals surface area contributed by atoms with E-state index in [1.165, 1.54) is 12.1 Å². The van der Waals surface area contributed by atoms with Gasteiger partial charge in [-0.2, -0.15) is 0 Å². The molecule has 4 N–H and O–H groups in total. The van der Waals surface area contributed by atoms with Gasteiger partial charge in [-0.05, 0) is 31.4 Å². The smallest absolute Gasteiger partial charge is 0.238 e. The molecule has 10 heteroatoms. The van der Waals surface area contributed by atoms with Crippen LogP contribution in [0.2, 0.25) is 0 Å². The largest absolute Gasteiger partial charge is 0.321 e. The number of nitrogens with two attached hydrogens (primary N) is 2. The number of hydrogen-bond acceptors (Lipinski definition) is 6. The fraction of sp³-hybridized carbons (Fsp3) is 0.357. The maximum Gasteiger partial charge on any atom is 0.238 e. The Hall–Kier alpha value is -1.37. The highest BCUT2D eigenvalue weighted by Gasteiger charge is 2.10. The van der Waals surface area contributed by atoms with Gasteiger partial charge in [0.15, 0.2) is 0 Å². The molecule has 1 heterocycles. The van der Waals surface area contributed by atoms with Crippen molar-refractivity contribution in [2.75, 3.05) is 0 Å². The van der Waals surface area contributed by atoms with Crippen LogP contribution in [0.15, 0.2) is 35.4 Å². The maximum absolute atomic E-state index is 11.2. The Labute approximate surface area is 153 Å². The summed E-state index contributed by atoms with van der Waals surface area (Å²) in [6.07, 6.45) is 4.10. The Kier molecular flexibility index (Phi) is 6.43. The van der Waals surface area contributed by atoms with Crippen LogP contribution in [-0.2, 0) is 21.4 Å². The van der Waals surface area contributed by atoms with Gasteiger partial charge in [-0.3, -0.25) is 9.48 Å². The van der Waals surface area contributed by atoms with E-state index in [1.54, 1.807) is 45.6 Å². The fourth-order valence-electron chi connectivity index (χ4n) is 2.11. The molecule has 0 radical (unpaired) electrons. The number of carbonyl (C=O) groups excluding carboxylic acids is 1. The van der Waals surface area contributed by atoms with Crippen molar-refractivity contribution in [1.82, 2.24) is 15.0 Å². The molecule has 0 fully saturated rings. The second kappa shape index (κ2) is 8.14. The van der Waals surface area contributed by atoms with Gasteiger partial charge in [-0.25, -0.2) is 13.6 Å². The zero-order valence-corrected chi connectivity index (χ0v) is 15.8. The summed E-state index contributed by atoms with van der Waals surface area (Å²) in [7, 11) is -3.70. The van der Waals surface area contributed by atoms with Crippen molar-refractivity contribution in [3.63, 3.8) is 0 Å². The van der Waals surface area contributed by atoms with E-state index in [0.717, 1.165) is 18.4 Å². The van der Waals surface area contributed by atoms with Crippen molar-refractivity contribution in [2.24, 2.45) is 10.9 Å². The average molecular weight is 463 g/mol. The first kappa shape index (κ1) is 19.0. The minimum atomic E-state index is -3.70. The molecule has 0 saturated heterocycles. The van der Waals surface area contributed by atoms with Crippen molar-refractivity contribution < 1.29 is 13.2 Å². The summed E-state index contributed by atoms with van der Waals surface area (Å²) in [6, 6.07) is 5.74. The summed E-state index contributed by atoms with van der Waals surface area (Å²) in [5.41, 5.74) is 7.08. The van der Waals surface area contributed by atoms with Crippen LogP contribution >= 0.6 is 22.6 Å². The molecular formula is C14H18IN5O3S. The van der Waals surface area contributed by atoms with E-state index in [9.17, 15) is 13.2 Å². The second-order valence-electron chi connectivity index (χ2n) is 5.34. The first-order chi connectivity index (χ1) is 11.3. The molecule has 0 spiro atoms. The number of rotatable bonds is 8. The Morgan fingerprint density at radius 3 is 2.50 bits per heavy atom. The van der Waals surface area contributed by atoms with Crippen LogP contribution < -0.4 is 10.9 Å². The molecule has 1 aromatic heterocycles. The van der Waals surface area contributed by atoms with Crippen LogP contribution in [0.4, 0.5) is 0 Å². The van der Waals surface area contributed by atoms with Gasteiger partial charge in [0.25, 0.3) is 0 Å². The van der Waals surface area contributed by atoms with E-state index in [2.05, 4.69) is 10.3 Å². The number of primary sulfonamides is 1. The number of hydrogen-bond donors (Lipinski definition) is 2. The van der Waals surface area contributed by atoms with Crippen LogP contribution in [0, 0.1) is 0 Å². The minimum absolute atomic E-state index is 0.0291. The molecule has 1 atom stereocenters.